The Morgan fingerprint density at radius 1 is 1.45 bits per heavy atom. The summed E-state index contributed by atoms with van der Waals surface area (Å²) in [7, 11) is 0. The molecule has 0 spiro atoms. The molecule has 1 rings (SSSR count). The molecule has 4 heteroatoms. The first-order valence-electron chi connectivity index (χ1n) is 2.83. The monoisotopic (exact) mass is 339 g/mol. The highest BCUT2D eigenvalue weighted by molar-refractivity contribution is 9.28. The molecule has 0 amide bonds. The average Bonchev–Trinajstić information content (AvgIpc) is 1.93. The van der Waals surface area contributed by atoms with E-state index in [4.69, 9.17) is 0 Å². The zero-order valence-electron chi connectivity index (χ0n) is 5.39. The largest absolute Gasteiger partial charge is 0.249 e. The van der Waals surface area contributed by atoms with E-state index in [0.717, 1.165) is 13.6 Å². The zero-order chi connectivity index (χ0) is 8.27. The predicted molar refractivity (Wildman–Crippen MR) is 57.8 cm³/mol. The molecule has 0 saturated carbocycles. The molecule has 0 aromatic carbocycles. The van der Waals surface area contributed by atoms with Gasteiger partial charge in [-0.25, -0.2) is 4.98 Å². The van der Waals surface area contributed by atoms with Crippen LogP contribution in [0, 0.1) is 0 Å². The fourth-order valence-corrected chi connectivity index (χ4v) is 1.48. The van der Waals surface area contributed by atoms with Crippen LogP contribution in [0.1, 0.15) is 5.56 Å². The van der Waals surface area contributed by atoms with Crippen LogP contribution in [0.5, 0.6) is 0 Å². The smallest absolute Gasteiger partial charge is 0.113 e. The van der Waals surface area contributed by atoms with Gasteiger partial charge in [0.25, 0.3) is 0 Å². The molecule has 0 aliphatic carbocycles. The zero-order valence-corrected chi connectivity index (χ0v) is 10.1. The highest BCUT2D eigenvalue weighted by atomic mass is 79.9. The molecule has 0 aliphatic rings. The topological polar surface area (TPSA) is 12.9 Å². The van der Waals surface area contributed by atoms with E-state index in [1.165, 1.54) is 0 Å². The summed E-state index contributed by atoms with van der Waals surface area (Å²) in [5, 5.41) is 0. The Hall–Kier alpha value is 0.330. The Labute approximate surface area is 90.3 Å². The summed E-state index contributed by atoms with van der Waals surface area (Å²) in [4.78, 5) is 4.06. The lowest BCUT2D eigenvalue weighted by molar-refractivity contribution is 1.26. The van der Waals surface area contributed by atoms with Gasteiger partial charge in [-0.05, 0) is 59.9 Å². The summed E-state index contributed by atoms with van der Waals surface area (Å²) in [6, 6.07) is 3.86. The summed E-state index contributed by atoms with van der Waals surface area (Å²) in [6.45, 7) is 0. The van der Waals surface area contributed by atoms with Crippen molar-refractivity contribution in [1.29, 1.82) is 0 Å². The molecule has 0 radical (unpaired) electrons. The highest BCUT2D eigenvalue weighted by Gasteiger charge is 1.95. The van der Waals surface area contributed by atoms with Gasteiger partial charge in [-0.3, -0.25) is 0 Å². The summed E-state index contributed by atoms with van der Waals surface area (Å²) in [5.74, 6) is 0. The van der Waals surface area contributed by atoms with Crippen molar-refractivity contribution >= 4 is 53.9 Å². The van der Waals surface area contributed by atoms with Crippen molar-refractivity contribution in [2.24, 2.45) is 0 Å². The van der Waals surface area contributed by atoms with Crippen LogP contribution in [0.3, 0.4) is 0 Å². The highest BCUT2D eigenvalue weighted by Crippen LogP contribution is 2.21. The molecule has 1 nitrogen and oxygen atoms in total. The van der Waals surface area contributed by atoms with Crippen LogP contribution in [0.15, 0.2) is 26.3 Å². The first-order chi connectivity index (χ1) is 5.20. The minimum atomic E-state index is 0.844. The standard InChI is InChI=1S/C7H4Br3N/c8-6(9)4-5-2-1-3-11-7(5)10/h1-4H. The number of nitrogens with zero attached hydrogens (tertiary/aromatic N) is 1. The van der Waals surface area contributed by atoms with Gasteiger partial charge in [-0.15, -0.1) is 0 Å². The average molecular weight is 342 g/mol. The normalized spacial score (nSPS) is 9.36. The van der Waals surface area contributed by atoms with Crippen molar-refractivity contribution in [2.45, 2.75) is 0 Å². The van der Waals surface area contributed by atoms with Crippen LogP contribution in [0.4, 0.5) is 0 Å². The Kier molecular flexibility index (Phi) is 3.75. The fourth-order valence-electron chi connectivity index (χ4n) is 0.624. The number of aromatic nitrogens is 1. The van der Waals surface area contributed by atoms with E-state index in [-0.39, 0.29) is 0 Å². The third-order valence-electron chi connectivity index (χ3n) is 1.05. The summed E-state index contributed by atoms with van der Waals surface area (Å²) in [5.41, 5.74) is 1.04. The van der Waals surface area contributed by atoms with Crippen LogP contribution in [-0.4, -0.2) is 4.98 Å². The quantitative estimate of drug-likeness (QED) is 0.705. The van der Waals surface area contributed by atoms with E-state index in [1.54, 1.807) is 6.20 Å². The van der Waals surface area contributed by atoms with Gasteiger partial charge in [0, 0.05) is 11.8 Å². The van der Waals surface area contributed by atoms with Gasteiger partial charge >= 0.3 is 0 Å². The van der Waals surface area contributed by atoms with Crippen LogP contribution in [-0.2, 0) is 0 Å². The van der Waals surface area contributed by atoms with E-state index >= 15 is 0 Å². The van der Waals surface area contributed by atoms with E-state index in [1.807, 2.05) is 18.2 Å². The molecule has 58 valence electrons. The number of pyridine rings is 1. The minimum absolute atomic E-state index is 0.844. The van der Waals surface area contributed by atoms with Gasteiger partial charge < -0.3 is 0 Å². The van der Waals surface area contributed by atoms with Crippen molar-refractivity contribution in [3.05, 3.63) is 31.9 Å². The second kappa shape index (κ2) is 4.38. The molecule has 0 atom stereocenters. The van der Waals surface area contributed by atoms with Crippen molar-refractivity contribution in [3.63, 3.8) is 0 Å². The Morgan fingerprint density at radius 2 is 2.18 bits per heavy atom. The molecule has 0 unspecified atom stereocenters. The number of hydrogen-bond acceptors (Lipinski definition) is 1. The molecule has 0 bridgehead atoms. The van der Waals surface area contributed by atoms with Crippen LogP contribution in [0.25, 0.3) is 6.08 Å². The van der Waals surface area contributed by atoms with E-state index in [0.29, 0.717) is 0 Å². The molecule has 0 saturated heterocycles. The molecule has 1 aromatic heterocycles. The second-order valence-corrected chi connectivity index (χ2v) is 5.34. The summed E-state index contributed by atoms with van der Waals surface area (Å²) >= 11 is 9.88. The number of hydrogen-bond donors (Lipinski definition) is 0. The van der Waals surface area contributed by atoms with Crippen molar-refractivity contribution in [1.82, 2.24) is 4.98 Å². The first-order valence-corrected chi connectivity index (χ1v) is 5.21. The minimum Gasteiger partial charge on any atom is -0.249 e. The van der Waals surface area contributed by atoms with Gasteiger partial charge in [0.2, 0.25) is 0 Å². The van der Waals surface area contributed by atoms with E-state index in [9.17, 15) is 0 Å². The summed E-state index contributed by atoms with van der Waals surface area (Å²) < 4.78 is 1.75. The molecular weight excluding hydrogens is 338 g/mol. The maximum Gasteiger partial charge on any atom is 0.113 e. The van der Waals surface area contributed by atoms with Crippen LogP contribution in [0.2, 0.25) is 0 Å². The molecule has 1 aromatic rings. The second-order valence-electron chi connectivity index (χ2n) is 1.82. The lowest BCUT2D eigenvalue weighted by atomic mass is 10.3. The van der Waals surface area contributed by atoms with Gasteiger partial charge in [-0.2, -0.15) is 0 Å². The van der Waals surface area contributed by atoms with Gasteiger partial charge in [-0.1, -0.05) is 6.07 Å². The fraction of sp³-hybridized carbons (Fsp3) is 0. The molecule has 1 heterocycles. The van der Waals surface area contributed by atoms with Crippen molar-refractivity contribution in [2.75, 3.05) is 0 Å². The molecule has 0 fully saturated rings. The van der Waals surface area contributed by atoms with E-state index < -0.39 is 0 Å². The molecule has 0 aliphatic heterocycles. The van der Waals surface area contributed by atoms with Gasteiger partial charge in [0.15, 0.2) is 0 Å². The third-order valence-corrected chi connectivity index (χ3v) is 2.17. The van der Waals surface area contributed by atoms with E-state index in [2.05, 4.69) is 52.8 Å². The van der Waals surface area contributed by atoms with Gasteiger partial charge in [0.1, 0.15) is 4.60 Å². The van der Waals surface area contributed by atoms with Crippen molar-refractivity contribution < 1.29 is 0 Å². The molecular formula is C7H4Br3N. The lowest BCUT2D eigenvalue weighted by Gasteiger charge is -1.94. The van der Waals surface area contributed by atoms with Gasteiger partial charge in [0.05, 0.1) is 3.39 Å². The predicted octanol–water partition coefficient (Wildman–Crippen LogP) is 3.93. The number of halogens is 3. The maximum absolute atomic E-state index is 4.06. The lowest BCUT2D eigenvalue weighted by Crippen LogP contribution is -1.78. The van der Waals surface area contributed by atoms with Crippen LogP contribution < -0.4 is 0 Å². The Bertz CT molecular complexity index is 279. The number of rotatable bonds is 1. The maximum atomic E-state index is 4.06. The Balaban J connectivity index is 3.04. The molecule has 0 N–H and O–H groups in total. The summed E-state index contributed by atoms with van der Waals surface area (Å²) in [6.07, 6.45) is 3.67. The molecule has 11 heavy (non-hydrogen) atoms. The Morgan fingerprint density at radius 3 is 2.73 bits per heavy atom. The third kappa shape index (κ3) is 3.05. The first kappa shape index (κ1) is 9.42. The van der Waals surface area contributed by atoms with Crippen LogP contribution >= 0.6 is 47.8 Å². The van der Waals surface area contributed by atoms with Crippen molar-refractivity contribution in [3.8, 4) is 0 Å². The SMILES string of the molecule is BrC(Br)=Cc1cccnc1Br.